The Hall–Kier alpha value is -1.31. The molecule has 1 rings (SSSR count). The molecule has 0 radical (unpaired) electrons. The van der Waals surface area contributed by atoms with E-state index in [-0.39, 0.29) is 17.9 Å². The van der Waals surface area contributed by atoms with Crippen LogP contribution >= 0.6 is 11.8 Å². The summed E-state index contributed by atoms with van der Waals surface area (Å²) in [7, 11) is 0. The van der Waals surface area contributed by atoms with Gasteiger partial charge in [-0.3, -0.25) is 4.79 Å². The van der Waals surface area contributed by atoms with Crippen molar-refractivity contribution in [1.29, 1.82) is 0 Å². The van der Waals surface area contributed by atoms with Gasteiger partial charge in [-0.05, 0) is 6.07 Å². The lowest BCUT2D eigenvalue weighted by Gasteiger charge is -2.08. The largest absolute Gasteiger partial charge is 0.397 e. The highest BCUT2D eigenvalue weighted by molar-refractivity contribution is 7.99. The smallest absolute Gasteiger partial charge is 0.251 e. The number of aliphatic hydroxyl groups is 2. The first-order valence-corrected chi connectivity index (χ1v) is 5.50. The van der Waals surface area contributed by atoms with Crippen molar-refractivity contribution < 1.29 is 15.0 Å². The zero-order chi connectivity index (χ0) is 12.1. The van der Waals surface area contributed by atoms with Crippen LogP contribution in [0, 0.1) is 0 Å². The molecule has 16 heavy (non-hydrogen) atoms. The zero-order valence-electron chi connectivity index (χ0n) is 8.46. The fourth-order valence-electron chi connectivity index (χ4n) is 0.988. The molecule has 1 amide bonds. The van der Waals surface area contributed by atoms with Crippen molar-refractivity contribution in [3.05, 3.63) is 17.8 Å². The maximum atomic E-state index is 11.1. The average molecular weight is 243 g/mol. The molecule has 0 aliphatic heterocycles. The minimum atomic E-state index is -0.856. The topological polar surface area (TPSA) is 122 Å². The van der Waals surface area contributed by atoms with Gasteiger partial charge in [0.05, 0.1) is 30.2 Å². The van der Waals surface area contributed by atoms with Gasteiger partial charge in [-0.15, -0.1) is 11.8 Å². The SMILES string of the molecule is NC(=O)c1cc(N)cnc1SCC(O)CO. The van der Waals surface area contributed by atoms with E-state index in [0.717, 1.165) is 11.8 Å². The highest BCUT2D eigenvalue weighted by Crippen LogP contribution is 2.22. The average Bonchev–Trinajstić information content (AvgIpc) is 2.26. The van der Waals surface area contributed by atoms with Gasteiger partial charge in [0.25, 0.3) is 5.91 Å². The first-order chi connectivity index (χ1) is 7.54. The molecule has 1 aromatic rings. The number of nitrogens with zero attached hydrogens (tertiary/aromatic N) is 1. The van der Waals surface area contributed by atoms with E-state index in [1.807, 2.05) is 0 Å². The number of carbonyl (C=O) groups excluding carboxylic acids is 1. The Kier molecular flexibility index (Phi) is 4.53. The van der Waals surface area contributed by atoms with Crippen molar-refractivity contribution in [3.63, 3.8) is 0 Å². The molecule has 0 bridgehead atoms. The van der Waals surface area contributed by atoms with Crippen LogP contribution in [0.2, 0.25) is 0 Å². The number of hydrogen-bond acceptors (Lipinski definition) is 6. The third-order valence-corrected chi connectivity index (χ3v) is 2.91. The molecule has 0 fully saturated rings. The van der Waals surface area contributed by atoms with Crippen LogP contribution in [0.3, 0.4) is 0 Å². The number of anilines is 1. The summed E-state index contributed by atoms with van der Waals surface area (Å²) >= 11 is 1.14. The highest BCUT2D eigenvalue weighted by Gasteiger charge is 2.12. The van der Waals surface area contributed by atoms with Crippen molar-refractivity contribution in [3.8, 4) is 0 Å². The van der Waals surface area contributed by atoms with Crippen LogP contribution in [0.4, 0.5) is 5.69 Å². The van der Waals surface area contributed by atoms with E-state index in [1.165, 1.54) is 12.3 Å². The molecule has 88 valence electrons. The summed E-state index contributed by atoms with van der Waals surface area (Å²) in [4.78, 5) is 15.0. The first kappa shape index (κ1) is 12.8. The lowest BCUT2D eigenvalue weighted by atomic mass is 10.2. The summed E-state index contributed by atoms with van der Waals surface area (Å²) in [5.74, 6) is -0.394. The molecule has 0 saturated heterocycles. The zero-order valence-corrected chi connectivity index (χ0v) is 9.28. The van der Waals surface area contributed by atoms with Crippen LogP contribution < -0.4 is 11.5 Å². The molecule has 1 aromatic heterocycles. The number of amides is 1. The Morgan fingerprint density at radius 2 is 2.31 bits per heavy atom. The number of primary amides is 1. The van der Waals surface area contributed by atoms with Crippen LogP contribution in [0.15, 0.2) is 17.3 Å². The second-order valence-corrected chi connectivity index (χ2v) is 4.14. The second-order valence-electron chi connectivity index (χ2n) is 3.13. The van der Waals surface area contributed by atoms with E-state index in [2.05, 4.69) is 4.98 Å². The van der Waals surface area contributed by atoms with Gasteiger partial charge in [-0.1, -0.05) is 0 Å². The Morgan fingerprint density at radius 1 is 1.62 bits per heavy atom. The summed E-state index contributed by atoms with van der Waals surface area (Å²) in [6, 6.07) is 1.43. The molecule has 1 unspecified atom stereocenters. The molecule has 0 aliphatic carbocycles. The standard InChI is InChI=1S/C9H13N3O3S/c10-5-1-7(8(11)15)9(12-2-5)16-4-6(14)3-13/h1-2,6,13-14H,3-4,10H2,(H2,11,15). The molecule has 6 N–H and O–H groups in total. The maximum Gasteiger partial charge on any atom is 0.251 e. The monoisotopic (exact) mass is 243 g/mol. The molecule has 0 saturated carbocycles. The van der Waals surface area contributed by atoms with Crippen LogP contribution in [0.25, 0.3) is 0 Å². The van der Waals surface area contributed by atoms with E-state index in [4.69, 9.17) is 21.7 Å². The minimum absolute atomic E-state index is 0.218. The van der Waals surface area contributed by atoms with Gasteiger partial charge in [0.15, 0.2) is 0 Å². The predicted molar refractivity (Wildman–Crippen MR) is 61.0 cm³/mol. The number of carbonyl (C=O) groups is 1. The molecule has 1 heterocycles. The molecule has 0 aliphatic rings. The number of nitrogen functional groups attached to an aromatic ring is 1. The molecule has 7 heteroatoms. The number of hydrogen-bond donors (Lipinski definition) is 4. The Bertz CT molecular complexity index is 386. The fourth-order valence-corrected chi connectivity index (χ4v) is 1.89. The summed E-state index contributed by atoms with van der Waals surface area (Å²) in [5.41, 5.74) is 11.2. The Labute approximate surface area is 96.7 Å². The molecular weight excluding hydrogens is 230 g/mol. The highest BCUT2D eigenvalue weighted by atomic mass is 32.2. The van der Waals surface area contributed by atoms with Crippen LogP contribution in [-0.2, 0) is 0 Å². The lowest BCUT2D eigenvalue weighted by molar-refractivity contribution is 0.0996. The molecular formula is C9H13N3O3S. The van der Waals surface area contributed by atoms with E-state index in [1.54, 1.807) is 0 Å². The number of thioether (sulfide) groups is 1. The van der Waals surface area contributed by atoms with Gasteiger partial charge in [0, 0.05) is 5.75 Å². The Morgan fingerprint density at radius 3 is 2.88 bits per heavy atom. The van der Waals surface area contributed by atoms with E-state index < -0.39 is 12.0 Å². The molecule has 0 aromatic carbocycles. The quantitative estimate of drug-likeness (QED) is 0.502. The summed E-state index contributed by atoms with van der Waals surface area (Å²) in [6.45, 7) is -0.339. The lowest BCUT2D eigenvalue weighted by Crippen LogP contribution is -2.17. The number of aromatic nitrogens is 1. The third-order valence-electron chi connectivity index (χ3n) is 1.76. The van der Waals surface area contributed by atoms with E-state index in [9.17, 15) is 4.79 Å². The van der Waals surface area contributed by atoms with Gasteiger partial charge in [-0.25, -0.2) is 4.98 Å². The number of nitrogens with two attached hydrogens (primary N) is 2. The summed E-state index contributed by atoms with van der Waals surface area (Å²) in [5, 5.41) is 18.2. The van der Waals surface area contributed by atoms with Gasteiger partial charge in [0.1, 0.15) is 5.03 Å². The van der Waals surface area contributed by atoms with Crippen molar-refractivity contribution >= 4 is 23.4 Å². The van der Waals surface area contributed by atoms with Crippen molar-refractivity contribution in [2.24, 2.45) is 5.73 Å². The predicted octanol–water partition coefficient (Wildman–Crippen LogP) is -0.792. The van der Waals surface area contributed by atoms with Crippen molar-refractivity contribution in [2.45, 2.75) is 11.1 Å². The van der Waals surface area contributed by atoms with Gasteiger partial charge < -0.3 is 21.7 Å². The van der Waals surface area contributed by atoms with Crippen LogP contribution in [0.1, 0.15) is 10.4 Å². The second kappa shape index (κ2) is 5.69. The first-order valence-electron chi connectivity index (χ1n) is 4.51. The summed E-state index contributed by atoms with van der Waals surface area (Å²) in [6.07, 6.45) is 0.546. The number of rotatable bonds is 5. The minimum Gasteiger partial charge on any atom is -0.397 e. The number of aliphatic hydroxyl groups excluding tert-OH is 2. The molecule has 1 atom stereocenters. The van der Waals surface area contributed by atoms with Gasteiger partial charge in [-0.2, -0.15) is 0 Å². The van der Waals surface area contributed by atoms with Crippen LogP contribution in [-0.4, -0.2) is 39.6 Å². The maximum absolute atomic E-state index is 11.1. The number of pyridine rings is 1. The summed E-state index contributed by atoms with van der Waals surface area (Å²) < 4.78 is 0. The molecule has 6 nitrogen and oxygen atoms in total. The van der Waals surface area contributed by atoms with E-state index in [0.29, 0.717) is 10.7 Å². The Balaban J connectivity index is 2.82. The van der Waals surface area contributed by atoms with Crippen molar-refractivity contribution in [1.82, 2.24) is 4.98 Å². The normalized spacial score (nSPS) is 12.4. The van der Waals surface area contributed by atoms with Gasteiger partial charge in [0.2, 0.25) is 0 Å². The fraction of sp³-hybridized carbons (Fsp3) is 0.333. The van der Waals surface area contributed by atoms with Gasteiger partial charge >= 0.3 is 0 Å². The molecule has 0 spiro atoms. The van der Waals surface area contributed by atoms with Crippen molar-refractivity contribution in [2.75, 3.05) is 18.1 Å². The third kappa shape index (κ3) is 3.37. The van der Waals surface area contributed by atoms with Crippen LogP contribution in [0.5, 0.6) is 0 Å². The van der Waals surface area contributed by atoms with E-state index >= 15 is 0 Å².